The summed E-state index contributed by atoms with van der Waals surface area (Å²) in [5.74, 6) is 0.403. The van der Waals surface area contributed by atoms with Gasteiger partial charge in [-0.05, 0) is 30.3 Å². The minimum Gasteiger partial charge on any atom is -0.486 e. The summed E-state index contributed by atoms with van der Waals surface area (Å²) in [5, 5.41) is 14.3. The molecule has 150 valence electrons. The predicted molar refractivity (Wildman–Crippen MR) is 98.1 cm³/mol. The number of halogens is 3. The van der Waals surface area contributed by atoms with Crippen LogP contribution in [-0.4, -0.2) is 25.2 Å². The van der Waals surface area contributed by atoms with E-state index in [-0.39, 0.29) is 30.5 Å². The van der Waals surface area contributed by atoms with Gasteiger partial charge in [-0.1, -0.05) is 18.2 Å². The Morgan fingerprint density at radius 3 is 2.69 bits per heavy atom. The molecule has 0 radical (unpaired) electrons. The molecule has 0 bridgehead atoms. The van der Waals surface area contributed by atoms with Gasteiger partial charge in [0.15, 0.2) is 11.5 Å². The lowest BCUT2D eigenvalue weighted by Gasteiger charge is -2.26. The third-order valence-electron chi connectivity index (χ3n) is 3.97. The topological polar surface area (TPSA) is 83.4 Å². The molecule has 0 aromatic heterocycles. The third kappa shape index (κ3) is 5.19. The van der Waals surface area contributed by atoms with Gasteiger partial charge < -0.3 is 20.1 Å². The molecule has 2 aromatic carbocycles. The molecular weight excluding hydrogens is 387 g/mol. The van der Waals surface area contributed by atoms with Gasteiger partial charge in [-0.3, -0.25) is 4.79 Å². The van der Waals surface area contributed by atoms with Crippen molar-refractivity contribution < 1.29 is 27.4 Å². The Bertz CT molecular complexity index is 967. The van der Waals surface area contributed by atoms with Gasteiger partial charge in [0.25, 0.3) is 5.91 Å². The summed E-state index contributed by atoms with van der Waals surface area (Å²) in [6.45, 7) is 0.548. The summed E-state index contributed by atoms with van der Waals surface area (Å²) in [6, 6.07) is 13.1. The first-order chi connectivity index (χ1) is 13.9. The van der Waals surface area contributed by atoms with Gasteiger partial charge in [0.2, 0.25) is 0 Å². The van der Waals surface area contributed by atoms with Crippen molar-refractivity contribution in [3.63, 3.8) is 0 Å². The summed E-state index contributed by atoms with van der Waals surface area (Å²) < 4.78 is 49.6. The number of carbonyl (C=O) groups excluding carboxylic acids is 1. The fraction of sp³-hybridized carbons (Fsp3) is 0.200. The predicted octanol–water partition coefficient (Wildman–Crippen LogP) is 3.48. The molecule has 0 saturated carbocycles. The second-order valence-electron chi connectivity index (χ2n) is 6.11. The average Bonchev–Trinajstić information content (AvgIpc) is 2.70. The number of nitrogens with one attached hydrogen (secondary N) is 2. The number of alkyl halides is 3. The number of hydrogen-bond acceptors (Lipinski definition) is 5. The minimum absolute atomic E-state index is 0.0633. The first-order valence-corrected chi connectivity index (χ1v) is 8.57. The van der Waals surface area contributed by atoms with E-state index in [0.717, 1.165) is 12.1 Å². The Balaban J connectivity index is 1.58. The van der Waals surface area contributed by atoms with Crippen LogP contribution in [0, 0.1) is 11.3 Å². The molecule has 1 aliphatic heterocycles. The monoisotopic (exact) mass is 403 g/mol. The van der Waals surface area contributed by atoms with Crippen LogP contribution < -0.4 is 20.1 Å². The van der Waals surface area contributed by atoms with Crippen molar-refractivity contribution in [2.24, 2.45) is 0 Å². The van der Waals surface area contributed by atoms with E-state index in [2.05, 4.69) is 10.6 Å². The zero-order valence-corrected chi connectivity index (χ0v) is 15.0. The van der Waals surface area contributed by atoms with Crippen LogP contribution in [0.2, 0.25) is 0 Å². The molecule has 2 N–H and O–H groups in total. The Morgan fingerprint density at radius 2 is 1.97 bits per heavy atom. The van der Waals surface area contributed by atoms with E-state index in [4.69, 9.17) is 9.47 Å². The molecule has 9 heteroatoms. The first-order valence-electron chi connectivity index (χ1n) is 8.57. The van der Waals surface area contributed by atoms with Gasteiger partial charge in [-0.25, -0.2) is 0 Å². The van der Waals surface area contributed by atoms with Crippen LogP contribution in [0.25, 0.3) is 0 Å². The summed E-state index contributed by atoms with van der Waals surface area (Å²) in [7, 11) is 0. The molecule has 29 heavy (non-hydrogen) atoms. The highest BCUT2D eigenvalue weighted by atomic mass is 19.4. The molecule has 1 unspecified atom stereocenters. The van der Waals surface area contributed by atoms with Crippen LogP contribution in [0.4, 0.5) is 18.9 Å². The van der Waals surface area contributed by atoms with Crippen molar-refractivity contribution in [2.75, 3.05) is 18.5 Å². The number of nitriles is 1. The summed E-state index contributed by atoms with van der Waals surface area (Å²) in [4.78, 5) is 12.2. The minimum atomic E-state index is -4.53. The summed E-state index contributed by atoms with van der Waals surface area (Å²) >= 11 is 0. The Kier molecular flexibility index (Phi) is 5.93. The number of fused-ring (bicyclic) bond motifs is 1. The number of benzene rings is 2. The van der Waals surface area contributed by atoms with E-state index in [9.17, 15) is 23.2 Å². The molecular formula is C20H16F3N3O3. The molecule has 1 atom stereocenters. The maximum atomic E-state index is 12.8. The molecule has 2 aromatic rings. The lowest BCUT2D eigenvalue weighted by molar-refractivity contribution is -0.137. The SMILES string of the molecule is N#C/C(=C/NCC1COc2ccccc2O1)C(=O)Nc1cccc(C(F)(F)F)c1. The molecule has 0 aliphatic carbocycles. The fourth-order valence-electron chi connectivity index (χ4n) is 2.58. The maximum absolute atomic E-state index is 12.8. The molecule has 0 saturated heterocycles. The average molecular weight is 403 g/mol. The molecule has 3 rings (SSSR count). The van der Waals surface area contributed by atoms with Gasteiger partial charge >= 0.3 is 6.18 Å². The number of nitrogens with zero attached hydrogens (tertiary/aromatic N) is 1. The van der Waals surface area contributed by atoms with Crippen LogP contribution in [-0.2, 0) is 11.0 Å². The van der Waals surface area contributed by atoms with Crippen LogP contribution in [0.15, 0.2) is 60.3 Å². The van der Waals surface area contributed by atoms with E-state index >= 15 is 0 Å². The third-order valence-corrected chi connectivity index (χ3v) is 3.97. The maximum Gasteiger partial charge on any atom is 0.416 e. The van der Waals surface area contributed by atoms with Gasteiger partial charge in [-0.2, -0.15) is 18.4 Å². The van der Waals surface area contributed by atoms with Crippen molar-refractivity contribution >= 4 is 11.6 Å². The number of anilines is 1. The molecule has 0 spiro atoms. The Morgan fingerprint density at radius 1 is 1.21 bits per heavy atom. The quantitative estimate of drug-likeness (QED) is 0.590. The van der Waals surface area contributed by atoms with Crippen LogP contribution in [0.3, 0.4) is 0 Å². The smallest absolute Gasteiger partial charge is 0.416 e. The van der Waals surface area contributed by atoms with Crippen molar-refractivity contribution in [1.29, 1.82) is 5.26 Å². The van der Waals surface area contributed by atoms with Crippen molar-refractivity contribution in [1.82, 2.24) is 5.32 Å². The number of amides is 1. The highest BCUT2D eigenvalue weighted by molar-refractivity contribution is 6.06. The second kappa shape index (κ2) is 8.56. The molecule has 1 aliphatic rings. The van der Waals surface area contributed by atoms with E-state index in [1.807, 2.05) is 12.1 Å². The normalized spacial score (nSPS) is 15.9. The summed E-state index contributed by atoms with van der Waals surface area (Å²) in [6.07, 6.45) is -3.68. The standard InChI is InChI=1S/C20H16F3N3O3/c21-20(22,23)14-4-3-5-15(8-14)26-19(27)13(9-24)10-25-11-16-12-28-17-6-1-2-7-18(17)29-16/h1-8,10,16,25H,11-12H2,(H,26,27)/b13-10-. The number of hydrogen-bond donors (Lipinski definition) is 2. The molecule has 1 heterocycles. The van der Waals surface area contributed by atoms with Crippen LogP contribution in [0.1, 0.15) is 5.56 Å². The fourth-order valence-corrected chi connectivity index (χ4v) is 2.58. The van der Waals surface area contributed by atoms with Crippen molar-refractivity contribution in [3.05, 3.63) is 65.9 Å². The van der Waals surface area contributed by atoms with Gasteiger partial charge in [0.05, 0.1) is 12.1 Å². The molecule has 6 nitrogen and oxygen atoms in total. The molecule has 0 fully saturated rings. The van der Waals surface area contributed by atoms with Crippen molar-refractivity contribution in [3.8, 4) is 17.6 Å². The number of carbonyl (C=O) groups is 1. The van der Waals surface area contributed by atoms with Gasteiger partial charge in [0, 0.05) is 11.9 Å². The van der Waals surface area contributed by atoms with Crippen LogP contribution in [0.5, 0.6) is 11.5 Å². The number of para-hydroxylation sites is 2. The zero-order valence-electron chi connectivity index (χ0n) is 15.0. The van der Waals surface area contributed by atoms with E-state index in [0.29, 0.717) is 11.5 Å². The summed E-state index contributed by atoms with van der Waals surface area (Å²) in [5.41, 5.74) is -1.25. The van der Waals surface area contributed by atoms with E-state index in [1.165, 1.54) is 18.3 Å². The zero-order chi connectivity index (χ0) is 20.9. The largest absolute Gasteiger partial charge is 0.486 e. The Labute approximate surface area is 164 Å². The Hall–Kier alpha value is -3.67. The first kappa shape index (κ1) is 20.1. The second-order valence-corrected chi connectivity index (χ2v) is 6.11. The van der Waals surface area contributed by atoms with Crippen molar-refractivity contribution in [2.45, 2.75) is 12.3 Å². The lowest BCUT2D eigenvalue weighted by atomic mass is 10.2. The van der Waals surface area contributed by atoms with Gasteiger partial charge in [-0.15, -0.1) is 0 Å². The number of rotatable bonds is 5. The van der Waals surface area contributed by atoms with Gasteiger partial charge in [0.1, 0.15) is 24.4 Å². The number of ether oxygens (including phenoxy) is 2. The van der Waals surface area contributed by atoms with E-state index < -0.39 is 17.6 Å². The lowest BCUT2D eigenvalue weighted by Crippen LogP contribution is -2.37. The molecule has 1 amide bonds. The highest BCUT2D eigenvalue weighted by Crippen LogP contribution is 2.31. The van der Waals surface area contributed by atoms with E-state index in [1.54, 1.807) is 18.2 Å². The highest BCUT2D eigenvalue weighted by Gasteiger charge is 2.30. The van der Waals surface area contributed by atoms with Crippen LogP contribution >= 0.6 is 0 Å².